The van der Waals surface area contributed by atoms with Gasteiger partial charge in [-0.25, -0.2) is 15.5 Å². The molecule has 1 N–H and O–H groups in total. The van der Waals surface area contributed by atoms with Gasteiger partial charge < -0.3 is 0 Å². The maximum absolute atomic E-state index is 11.0. The second-order valence-electron chi connectivity index (χ2n) is 1.99. The minimum Gasteiger partial charge on any atom is -0.265 e. The molecule has 1 amide bonds. The third-order valence-electron chi connectivity index (χ3n) is 1.29. The summed E-state index contributed by atoms with van der Waals surface area (Å²) in [5.41, 5.74) is 6.70. The van der Waals surface area contributed by atoms with Crippen molar-refractivity contribution in [2.75, 3.05) is 0 Å². The molecule has 0 saturated carbocycles. The van der Waals surface area contributed by atoms with Crippen LogP contribution in [0.5, 0.6) is 0 Å². The summed E-state index contributed by atoms with van der Waals surface area (Å²) in [4.78, 5) is 25.4. The number of hydrogen-bond donors (Lipinski definition) is 1. The summed E-state index contributed by atoms with van der Waals surface area (Å²) in [5.74, 6) is -0.558. The lowest BCUT2D eigenvalue weighted by Gasteiger charge is -2.00. The molecule has 0 aromatic carbocycles. The van der Waals surface area contributed by atoms with E-state index in [9.17, 15) is 4.79 Å². The number of nitrogens with one attached hydrogen (secondary N) is 1. The molecule has 2 aliphatic rings. The van der Waals surface area contributed by atoms with Crippen molar-refractivity contribution in [2.45, 2.75) is 0 Å². The molecule has 0 spiro atoms. The molecule has 0 aliphatic carbocycles. The van der Waals surface area contributed by atoms with Crippen LogP contribution in [0.2, 0.25) is 0 Å². The predicted octanol–water partition coefficient (Wildman–Crippen LogP) is -0.205. The summed E-state index contributed by atoms with van der Waals surface area (Å²) in [6.07, 6.45) is 1.22. The Balaban J connectivity index is 2.51. The molecule has 58 valence electrons. The van der Waals surface area contributed by atoms with E-state index in [1.54, 1.807) is 0 Å². The van der Waals surface area contributed by atoms with E-state index in [1.807, 2.05) is 0 Å². The molecule has 0 atom stereocenters. The van der Waals surface area contributed by atoms with E-state index in [-0.39, 0.29) is 17.5 Å². The first kappa shape index (κ1) is 6.65. The standard InChI is InChI=1S/C5H2N6O/c6-11-5-9-3-2(4(12)10-5)7-1-8-3/h1,6H. The van der Waals surface area contributed by atoms with Crippen LogP contribution in [0.25, 0.3) is 0 Å². The first-order chi connectivity index (χ1) is 5.81. The van der Waals surface area contributed by atoms with Gasteiger partial charge in [-0.2, -0.15) is 9.98 Å². The molecule has 0 aromatic heterocycles. The third kappa shape index (κ3) is 0.797. The summed E-state index contributed by atoms with van der Waals surface area (Å²) in [7, 11) is 0. The first-order valence-electron chi connectivity index (χ1n) is 3.01. The van der Waals surface area contributed by atoms with E-state index in [0.717, 1.165) is 0 Å². The normalized spacial score (nSPS) is 19.7. The smallest absolute Gasteiger partial charge is 0.265 e. The molecule has 0 unspecified atom stereocenters. The van der Waals surface area contributed by atoms with Gasteiger partial charge in [0, 0.05) is 0 Å². The van der Waals surface area contributed by atoms with Crippen LogP contribution in [-0.4, -0.2) is 29.8 Å². The molecule has 2 rings (SSSR count). The average molecular weight is 162 g/mol. The number of carbonyl (C=O) groups excluding carboxylic acids is 1. The Morgan fingerprint density at radius 1 is 1.42 bits per heavy atom. The van der Waals surface area contributed by atoms with Crippen molar-refractivity contribution in [3.05, 3.63) is 0 Å². The number of guanidine groups is 1. The molecule has 0 saturated heterocycles. The van der Waals surface area contributed by atoms with Gasteiger partial charge >= 0.3 is 5.91 Å². The van der Waals surface area contributed by atoms with Crippen molar-refractivity contribution in [1.29, 1.82) is 5.53 Å². The molecular weight excluding hydrogens is 160 g/mol. The maximum Gasteiger partial charge on any atom is 0.302 e. The van der Waals surface area contributed by atoms with Crippen LogP contribution in [0.1, 0.15) is 0 Å². The van der Waals surface area contributed by atoms with Crippen molar-refractivity contribution in [1.82, 2.24) is 0 Å². The highest BCUT2D eigenvalue weighted by Gasteiger charge is 2.25. The fourth-order valence-corrected chi connectivity index (χ4v) is 0.806. The summed E-state index contributed by atoms with van der Waals surface area (Å²) in [5, 5.41) is 2.92. The van der Waals surface area contributed by atoms with Crippen molar-refractivity contribution >= 4 is 29.8 Å². The predicted molar refractivity (Wildman–Crippen MR) is 41.0 cm³/mol. The largest absolute Gasteiger partial charge is 0.302 e. The zero-order chi connectivity index (χ0) is 8.55. The fourth-order valence-electron chi connectivity index (χ4n) is 0.806. The molecule has 2 aliphatic heterocycles. The molecule has 0 bridgehead atoms. The molecule has 12 heavy (non-hydrogen) atoms. The number of carbonyl (C=O) groups is 1. The highest BCUT2D eigenvalue weighted by Crippen LogP contribution is 2.04. The van der Waals surface area contributed by atoms with Gasteiger partial charge in [0.2, 0.25) is 0 Å². The highest BCUT2D eigenvalue weighted by atomic mass is 16.1. The van der Waals surface area contributed by atoms with Crippen LogP contribution in [0.4, 0.5) is 0 Å². The van der Waals surface area contributed by atoms with Crippen molar-refractivity contribution < 1.29 is 4.79 Å². The second kappa shape index (κ2) is 2.22. The SMILES string of the molecule is N=NC1=NC(=O)C2=NC=NC2=N1. The molecule has 0 fully saturated rings. The van der Waals surface area contributed by atoms with Crippen LogP contribution < -0.4 is 0 Å². The topological polar surface area (TPSA) is 103 Å². The molecule has 0 aromatic rings. The Labute approximate surface area is 66.2 Å². The number of amides is 1. The van der Waals surface area contributed by atoms with Crippen LogP contribution >= 0.6 is 0 Å². The summed E-state index contributed by atoms with van der Waals surface area (Å²) in [6.45, 7) is 0. The van der Waals surface area contributed by atoms with E-state index in [0.29, 0.717) is 0 Å². The van der Waals surface area contributed by atoms with E-state index in [1.165, 1.54) is 6.34 Å². The number of rotatable bonds is 0. The zero-order valence-corrected chi connectivity index (χ0v) is 5.72. The zero-order valence-electron chi connectivity index (χ0n) is 5.72. The Hall–Kier alpha value is -2.05. The van der Waals surface area contributed by atoms with Gasteiger partial charge in [-0.15, -0.1) is 5.11 Å². The van der Waals surface area contributed by atoms with Gasteiger partial charge in [-0.1, -0.05) is 0 Å². The Morgan fingerprint density at radius 3 is 3.00 bits per heavy atom. The summed E-state index contributed by atoms with van der Waals surface area (Å²) in [6, 6.07) is 0. The van der Waals surface area contributed by atoms with Gasteiger partial charge in [0.1, 0.15) is 6.34 Å². The van der Waals surface area contributed by atoms with Crippen molar-refractivity contribution in [3.63, 3.8) is 0 Å². The lowest BCUT2D eigenvalue weighted by molar-refractivity contribution is -0.111. The lowest BCUT2D eigenvalue weighted by Crippen LogP contribution is -2.24. The van der Waals surface area contributed by atoms with E-state index >= 15 is 0 Å². The third-order valence-corrected chi connectivity index (χ3v) is 1.29. The average Bonchev–Trinajstić information content (AvgIpc) is 2.52. The Morgan fingerprint density at radius 2 is 2.25 bits per heavy atom. The number of amidine groups is 1. The molecule has 2 heterocycles. The van der Waals surface area contributed by atoms with Gasteiger partial charge in [0.05, 0.1) is 0 Å². The van der Waals surface area contributed by atoms with Crippen molar-refractivity contribution in [2.24, 2.45) is 25.1 Å². The Kier molecular flexibility index (Phi) is 1.23. The van der Waals surface area contributed by atoms with E-state index < -0.39 is 5.91 Å². The molecular formula is C5H2N6O. The maximum atomic E-state index is 11.0. The van der Waals surface area contributed by atoms with Gasteiger partial charge in [-0.05, 0) is 0 Å². The van der Waals surface area contributed by atoms with E-state index in [2.05, 4.69) is 25.1 Å². The molecule has 7 nitrogen and oxygen atoms in total. The number of hydrogen-bond acceptors (Lipinski definition) is 6. The highest BCUT2D eigenvalue weighted by molar-refractivity contribution is 6.71. The van der Waals surface area contributed by atoms with Crippen molar-refractivity contribution in [3.8, 4) is 0 Å². The second-order valence-corrected chi connectivity index (χ2v) is 1.99. The number of aliphatic imine (C=N–C) groups is 4. The number of fused-ring (bicyclic) bond motifs is 1. The quantitative estimate of drug-likeness (QED) is 0.489. The minimum absolute atomic E-state index is 0.113. The van der Waals surface area contributed by atoms with Crippen LogP contribution in [0, 0.1) is 5.53 Å². The number of nitrogens with zero attached hydrogens (tertiary/aromatic N) is 5. The fraction of sp³-hybridized carbons (Fsp3) is 0. The monoisotopic (exact) mass is 162 g/mol. The minimum atomic E-state index is -0.552. The summed E-state index contributed by atoms with van der Waals surface area (Å²) < 4.78 is 0. The Bertz CT molecular complexity index is 387. The van der Waals surface area contributed by atoms with Gasteiger partial charge in [0.15, 0.2) is 11.5 Å². The first-order valence-corrected chi connectivity index (χ1v) is 3.01. The van der Waals surface area contributed by atoms with Gasteiger partial charge in [-0.3, -0.25) is 4.79 Å². The molecule has 0 radical (unpaired) electrons. The molecule has 7 heteroatoms. The lowest BCUT2D eigenvalue weighted by atomic mass is 10.3. The van der Waals surface area contributed by atoms with Gasteiger partial charge in [0.25, 0.3) is 5.96 Å². The van der Waals surface area contributed by atoms with E-state index in [4.69, 9.17) is 5.53 Å². The van der Waals surface area contributed by atoms with Crippen LogP contribution in [-0.2, 0) is 4.79 Å². The van der Waals surface area contributed by atoms with Crippen LogP contribution in [0.3, 0.4) is 0 Å². The van der Waals surface area contributed by atoms with Crippen LogP contribution in [0.15, 0.2) is 25.1 Å². The summed E-state index contributed by atoms with van der Waals surface area (Å²) >= 11 is 0.